The Balaban J connectivity index is 2.79. The van der Waals surface area contributed by atoms with Crippen molar-refractivity contribution in [2.45, 2.75) is 4.90 Å². The highest BCUT2D eigenvalue weighted by molar-refractivity contribution is 8.13. The van der Waals surface area contributed by atoms with E-state index in [2.05, 4.69) is 6.92 Å². The number of hydrogen-bond acceptors (Lipinski definition) is 2. The van der Waals surface area contributed by atoms with Gasteiger partial charge in [-0.3, -0.25) is 4.79 Å². The van der Waals surface area contributed by atoms with Crippen molar-refractivity contribution in [1.82, 2.24) is 0 Å². The molecular weight excluding hydrogens is 158 g/mol. The lowest BCUT2D eigenvalue weighted by atomic mass is 10.2. The van der Waals surface area contributed by atoms with E-state index in [0.29, 0.717) is 0 Å². The van der Waals surface area contributed by atoms with Gasteiger partial charge in [0.05, 0.1) is 0 Å². The van der Waals surface area contributed by atoms with Gasteiger partial charge in [0.25, 0.3) is 5.24 Å². The van der Waals surface area contributed by atoms with Gasteiger partial charge in [0.15, 0.2) is 0 Å². The first kappa shape index (κ1) is 8.14. The van der Waals surface area contributed by atoms with Gasteiger partial charge < -0.3 is 5.73 Å². The Kier molecular flexibility index (Phi) is 2.54. The lowest BCUT2D eigenvalue weighted by Gasteiger charge is -1.96. The number of nitrogens with two attached hydrogens (primary N) is 1. The van der Waals surface area contributed by atoms with E-state index in [4.69, 9.17) is 5.73 Å². The number of thioether (sulfide) groups is 1. The van der Waals surface area contributed by atoms with E-state index in [9.17, 15) is 4.79 Å². The minimum absolute atomic E-state index is 0.393. The molecule has 1 radical (unpaired) electrons. The Hall–Kier alpha value is -0.960. The second kappa shape index (κ2) is 3.44. The molecule has 11 heavy (non-hydrogen) atoms. The molecule has 3 heteroatoms. The van der Waals surface area contributed by atoms with Crippen LogP contribution in [0.5, 0.6) is 0 Å². The number of amides is 1. The zero-order valence-electron chi connectivity index (χ0n) is 5.91. The van der Waals surface area contributed by atoms with Gasteiger partial charge in [-0.2, -0.15) is 0 Å². The summed E-state index contributed by atoms with van der Waals surface area (Å²) in [6.45, 7) is 3.72. The molecule has 0 fully saturated rings. The zero-order chi connectivity index (χ0) is 8.27. The monoisotopic (exact) mass is 166 g/mol. The first-order chi connectivity index (χ1) is 5.18. The molecule has 0 aliphatic carbocycles. The molecule has 2 nitrogen and oxygen atoms in total. The molecule has 0 aliphatic rings. The third-order valence-electron chi connectivity index (χ3n) is 1.12. The van der Waals surface area contributed by atoms with Crippen molar-refractivity contribution in [3.63, 3.8) is 0 Å². The third-order valence-corrected chi connectivity index (χ3v) is 1.81. The molecule has 1 rings (SSSR count). The molecule has 0 spiro atoms. The first-order valence-electron chi connectivity index (χ1n) is 3.08. The molecule has 57 valence electrons. The van der Waals surface area contributed by atoms with Crippen LogP contribution in [0.1, 0.15) is 5.56 Å². The Bertz CT molecular complexity index is 273. The van der Waals surface area contributed by atoms with Crippen molar-refractivity contribution >= 4 is 17.0 Å². The van der Waals surface area contributed by atoms with Gasteiger partial charge >= 0.3 is 0 Å². The summed E-state index contributed by atoms with van der Waals surface area (Å²) in [7, 11) is 0. The van der Waals surface area contributed by atoms with Crippen molar-refractivity contribution in [3.05, 3.63) is 36.8 Å². The Morgan fingerprint density at radius 3 is 2.82 bits per heavy atom. The Morgan fingerprint density at radius 2 is 2.27 bits per heavy atom. The van der Waals surface area contributed by atoms with E-state index in [1.807, 2.05) is 24.3 Å². The maximum absolute atomic E-state index is 10.4. The number of primary amides is 1. The molecule has 1 aromatic rings. The summed E-state index contributed by atoms with van der Waals surface area (Å²) in [6, 6.07) is 7.35. The molecule has 0 bridgehead atoms. The number of carbonyl (C=O) groups is 1. The molecule has 0 saturated heterocycles. The van der Waals surface area contributed by atoms with Gasteiger partial charge in [-0.15, -0.1) is 0 Å². The van der Waals surface area contributed by atoms with E-state index in [1.54, 1.807) is 0 Å². The molecule has 0 atom stereocenters. The van der Waals surface area contributed by atoms with E-state index in [1.165, 1.54) is 0 Å². The summed E-state index contributed by atoms with van der Waals surface area (Å²) in [5.41, 5.74) is 5.86. The van der Waals surface area contributed by atoms with Gasteiger partial charge in [0.2, 0.25) is 0 Å². The van der Waals surface area contributed by atoms with Crippen LogP contribution in [0.2, 0.25) is 0 Å². The Morgan fingerprint density at radius 1 is 1.55 bits per heavy atom. The lowest BCUT2D eigenvalue weighted by Crippen LogP contribution is -2.01. The largest absolute Gasteiger partial charge is 0.360 e. The van der Waals surface area contributed by atoms with Crippen LogP contribution in [0.4, 0.5) is 4.79 Å². The van der Waals surface area contributed by atoms with Gasteiger partial charge in [0.1, 0.15) is 0 Å². The number of rotatable bonds is 1. The molecule has 0 aliphatic heterocycles. The van der Waals surface area contributed by atoms with Crippen LogP contribution in [-0.4, -0.2) is 5.24 Å². The summed E-state index contributed by atoms with van der Waals surface area (Å²) in [5, 5.41) is -0.393. The van der Waals surface area contributed by atoms with E-state index in [0.717, 1.165) is 22.2 Å². The highest BCUT2D eigenvalue weighted by Crippen LogP contribution is 2.17. The minimum Gasteiger partial charge on any atom is -0.360 e. The van der Waals surface area contributed by atoms with Crippen LogP contribution in [0.3, 0.4) is 0 Å². The van der Waals surface area contributed by atoms with Gasteiger partial charge in [-0.05, 0) is 36.4 Å². The molecule has 0 heterocycles. The molecule has 0 saturated carbocycles. The summed E-state index contributed by atoms with van der Waals surface area (Å²) in [5.74, 6) is 0. The van der Waals surface area contributed by atoms with Gasteiger partial charge in [-0.25, -0.2) is 0 Å². The van der Waals surface area contributed by atoms with Gasteiger partial charge in [0, 0.05) is 4.90 Å². The molecule has 0 aromatic heterocycles. The van der Waals surface area contributed by atoms with Crippen molar-refractivity contribution in [2.75, 3.05) is 0 Å². The maximum Gasteiger partial charge on any atom is 0.281 e. The van der Waals surface area contributed by atoms with Crippen molar-refractivity contribution in [2.24, 2.45) is 5.73 Å². The van der Waals surface area contributed by atoms with Crippen molar-refractivity contribution in [3.8, 4) is 0 Å². The fourth-order valence-corrected chi connectivity index (χ4v) is 1.31. The zero-order valence-corrected chi connectivity index (χ0v) is 6.73. The molecule has 1 amide bonds. The third kappa shape index (κ3) is 2.63. The smallest absolute Gasteiger partial charge is 0.281 e. The maximum atomic E-state index is 10.4. The summed E-state index contributed by atoms with van der Waals surface area (Å²) >= 11 is 1.01. The van der Waals surface area contributed by atoms with Crippen LogP contribution in [0.25, 0.3) is 0 Å². The van der Waals surface area contributed by atoms with E-state index >= 15 is 0 Å². The first-order valence-corrected chi connectivity index (χ1v) is 3.89. The highest BCUT2D eigenvalue weighted by Gasteiger charge is 1.97. The average molecular weight is 166 g/mol. The van der Waals surface area contributed by atoms with Crippen LogP contribution >= 0.6 is 11.8 Å². The molecule has 1 aromatic carbocycles. The van der Waals surface area contributed by atoms with Gasteiger partial charge in [-0.1, -0.05) is 12.1 Å². The summed E-state index contributed by atoms with van der Waals surface area (Å²) < 4.78 is 0. The second-order valence-corrected chi connectivity index (χ2v) is 3.15. The second-order valence-electron chi connectivity index (χ2n) is 2.07. The predicted octanol–water partition coefficient (Wildman–Crippen LogP) is 2.04. The van der Waals surface area contributed by atoms with Crippen LogP contribution < -0.4 is 5.73 Å². The van der Waals surface area contributed by atoms with Crippen LogP contribution in [0.15, 0.2) is 29.2 Å². The lowest BCUT2D eigenvalue weighted by molar-refractivity contribution is 0.267. The fraction of sp³-hybridized carbons (Fsp3) is 0. The normalized spacial score (nSPS) is 9.55. The number of carbonyl (C=O) groups excluding carboxylic acids is 1. The average Bonchev–Trinajstić information content (AvgIpc) is 1.85. The van der Waals surface area contributed by atoms with E-state index in [-0.39, 0.29) is 0 Å². The van der Waals surface area contributed by atoms with Crippen molar-refractivity contribution < 1.29 is 4.79 Å². The minimum atomic E-state index is -0.393. The SMILES string of the molecule is [CH2]c1cccc(SC(N)=O)c1. The van der Waals surface area contributed by atoms with Crippen molar-refractivity contribution in [1.29, 1.82) is 0 Å². The van der Waals surface area contributed by atoms with Crippen LogP contribution in [0, 0.1) is 6.92 Å². The molecular formula is C8H8NOS. The molecule has 2 N–H and O–H groups in total. The fourth-order valence-electron chi connectivity index (χ4n) is 0.725. The molecule has 0 unspecified atom stereocenters. The highest BCUT2D eigenvalue weighted by atomic mass is 32.2. The topological polar surface area (TPSA) is 43.1 Å². The quantitative estimate of drug-likeness (QED) is 0.649. The van der Waals surface area contributed by atoms with Crippen LogP contribution in [-0.2, 0) is 0 Å². The van der Waals surface area contributed by atoms with E-state index < -0.39 is 5.24 Å². The predicted molar refractivity (Wildman–Crippen MR) is 46.3 cm³/mol. The standard InChI is InChI=1S/C8H8NOS/c1-6-3-2-4-7(5-6)11-8(9)10/h2-5H,1H2,(H2,9,10). The summed E-state index contributed by atoms with van der Waals surface area (Å²) in [4.78, 5) is 11.3. The Labute approximate surface area is 69.8 Å². The number of benzene rings is 1. The summed E-state index contributed by atoms with van der Waals surface area (Å²) in [6.07, 6.45) is 0. The number of hydrogen-bond donors (Lipinski definition) is 1.